The summed E-state index contributed by atoms with van der Waals surface area (Å²) in [6.45, 7) is 4.09. The van der Waals surface area contributed by atoms with Gasteiger partial charge < -0.3 is 5.11 Å². The Balaban J connectivity index is 2.78. The summed E-state index contributed by atoms with van der Waals surface area (Å²) >= 11 is 0. The van der Waals surface area contributed by atoms with E-state index in [0.717, 1.165) is 32.1 Å². The highest BCUT2D eigenvalue weighted by molar-refractivity contribution is 5.04. The lowest BCUT2D eigenvalue weighted by Gasteiger charge is -2.33. The standard InChI is InChI=1S/C11H19NO/c1-3-9-6-5-7-11(9,13)10(4-2)8-12/h9-10,13H,3-7H2,1-2H3. The van der Waals surface area contributed by atoms with Crippen molar-refractivity contribution in [2.75, 3.05) is 0 Å². The molecule has 3 atom stereocenters. The Morgan fingerprint density at radius 2 is 2.31 bits per heavy atom. The Morgan fingerprint density at radius 3 is 2.77 bits per heavy atom. The lowest BCUT2D eigenvalue weighted by atomic mass is 9.77. The Kier molecular flexibility index (Phi) is 3.33. The molecule has 13 heavy (non-hydrogen) atoms. The highest BCUT2D eigenvalue weighted by Gasteiger charge is 2.45. The summed E-state index contributed by atoms with van der Waals surface area (Å²) in [5.41, 5.74) is -0.682. The van der Waals surface area contributed by atoms with E-state index in [0.29, 0.717) is 5.92 Å². The summed E-state index contributed by atoms with van der Waals surface area (Å²) in [6, 6.07) is 2.25. The molecule has 1 aliphatic rings. The zero-order valence-corrected chi connectivity index (χ0v) is 8.58. The third-order valence-corrected chi connectivity index (χ3v) is 3.50. The predicted molar refractivity (Wildman–Crippen MR) is 52.0 cm³/mol. The van der Waals surface area contributed by atoms with Crippen LogP contribution in [0.4, 0.5) is 0 Å². The van der Waals surface area contributed by atoms with E-state index in [4.69, 9.17) is 5.26 Å². The van der Waals surface area contributed by atoms with Crippen LogP contribution in [0, 0.1) is 23.2 Å². The minimum absolute atomic E-state index is 0.167. The largest absolute Gasteiger partial charge is 0.388 e. The van der Waals surface area contributed by atoms with Gasteiger partial charge in [0.1, 0.15) is 0 Å². The summed E-state index contributed by atoms with van der Waals surface area (Å²) in [4.78, 5) is 0. The van der Waals surface area contributed by atoms with E-state index >= 15 is 0 Å². The number of nitriles is 1. The molecule has 1 saturated carbocycles. The smallest absolute Gasteiger partial charge is 0.0833 e. The number of hydrogen-bond acceptors (Lipinski definition) is 2. The van der Waals surface area contributed by atoms with Gasteiger partial charge in [-0.2, -0.15) is 5.26 Å². The summed E-state index contributed by atoms with van der Waals surface area (Å²) in [5, 5.41) is 19.3. The minimum atomic E-state index is -0.682. The van der Waals surface area contributed by atoms with Gasteiger partial charge in [-0.25, -0.2) is 0 Å². The van der Waals surface area contributed by atoms with Crippen LogP contribution in [-0.2, 0) is 0 Å². The van der Waals surface area contributed by atoms with Crippen LogP contribution >= 0.6 is 0 Å². The van der Waals surface area contributed by atoms with Crippen LogP contribution in [-0.4, -0.2) is 10.7 Å². The molecule has 3 unspecified atom stereocenters. The minimum Gasteiger partial charge on any atom is -0.388 e. The van der Waals surface area contributed by atoms with Crippen LogP contribution in [0.2, 0.25) is 0 Å². The summed E-state index contributed by atoms with van der Waals surface area (Å²) < 4.78 is 0. The molecule has 0 bridgehead atoms. The first-order valence-electron chi connectivity index (χ1n) is 5.31. The maximum absolute atomic E-state index is 10.4. The Morgan fingerprint density at radius 1 is 1.62 bits per heavy atom. The number of hydrogen-bond donors (Lipinski definition) is 1. The van der Waals surface area contributed by atoms with Gasteiger partial charge in [0.2, 0.25) is 0 Å². The van der Waals surface area contributed by atoms with Gasteiger partial charge in [-0.1, -0.05) is 26.7 Å². The van der Waals surface area contributed by atoms with Crippen molar-refractivity contribution >= 4 is 0 Å². The lowest BCUT2D eigenvalue weighted by Crippen LogP contribution is -2.40. The van der Waals surface area contributed by atoms with Crippen LogP contribution in [0.1, 0.15) is 46.0 Å². The first kappa shape index (κ1) is 10.5. The van der Waals surface area contributed by atoms with Gasteiger partial charge >= 0.3 is 0 Å². The molecule has 0 aromatic heterocycles. The number of aliphatic hydroxyl groups is 1. The third-order valence-electron chi connectivity index (χ3n) is 3.50. The molecular formula is C11H19NO. The van der Waals surface area contributed by atoms with Gasteiger partial charge in [0, 0.05) is 0 Å². The molecule has 0 radical (unpaired) electrons. The number of nitrogens with zero attached hydrogens (tertiary/aromatic N) is 1. The maximum Gasteiger partial charge on any atom is 0.0833 e. The zero-order valence-electron chi connectivity index (χ0n) is 8.58. The molecule has 0 aliphatic heterocycles. The quantitative estimate of drug-likeness (QED) is 0.727. The predicted octanol–water partition coefficient (Wildman–Crippen LogP) is 2.48. The van der Waals surface area contributed by atoms with E-state index in [1.54, 1.807) is 0 Å². The first-order valence-corrected chi connectivity index (χ1v) is 5.31. The Bertz CT molecular complexity index is 209. The SMILES string of the molecule is CCC(C#N)C1(O)CCCC1CC. The molecule has 74 valence electrons. The monoisotopic (exact) mass is 181 g/mol. The van der Waals surface area contributed by atoms with Gasteiger partial charge in [0.15, 0.2) is 0 Å². The van der Waals surface area contributed by atoms with Gasteiger partial charge in [-0.05, 0) is 25.2 Å². The van der Waals surface area contributed by atoms with Crippen molar-refractivity contribution in [3.63, 3.8) is 0 Å². The lowest BCUT2D eigenvalue weighted by molar-refractivity contribution is -0.0351. The number of rotatable bonds is 3. The van der Waals surface area contributed by atoms with Gasteiger partial charge in [0.25, 0.3) is 0 Å². The van der Waals surface area contributed by atoms with Crippen molar-refractivity contribution in [2.24, 2.45) is 11.8 Å². The molecule has 1 N–H and O–H groups in total. The molecule has 0 saturated heterocycles. The van der Waals surface area contributed by atoms with E-state index in [-0.39, 0.29) is 5.92 Å². The van der Waals surface area contributed by atoms with Gasteiger partial charge in [-0.15, -0.1) is 0 Å². The van der Waals surface area contributed by atoms with Crippen LogP contribution in [0.3, 0.4) is 0 Å². The normalized spacial score (nSPS) is 35.7. The molecule has 0 heterocycles. The topological polar surface area (TPSA) is 44.0 Å². The fourth-order valence-corrected chi connectivity index (χ4v) is 2.66. The summed E-state index contributed by atoms with van der Waals surface area (Å²) in [7, 11) is 0. The van der Waals surface area contributed by atoms with E-state index in [2.05, 4.69) is 13.0 Å². The molecule has 0 aromatic carbocycles. The molecule has 2 nitrogen and oxygen atoms in total. The van der Waals surface area contributed by atoms with E-state index < -0.39 is 5.60 Å². The molecule has 1 fully saturated rings. The van der Waals surface area contributed by atoms with Crippen molar-refractivity contribution in [2.45, 2.75) is 51.6 Å². The Hall–Kier alpha value is -0.550. The molecule has 1 aliphatic carbocycles. The van der Waals surface area contributed by atoms with Crippen LogP contribution < -0.4 is 0 Å². The third kappa shape index (κ3) is 1.71. The highest BCUT2D eigenvalue weighted by atomic mass is 16.3. The average Bonchev–Trinajstić information content (AvgIpc) is 2.49. The van der Waals surface area contributed by atoms with Crippen molar-refractivity contribution in [1.29, 1.82) is 5.26 Å². The summed E-state index contributed by atoms with van der Waals surface area (Å²) in [6.07, 6.45) is 4.74. The Labute approximate surface area is 80.6 Å². The fraction of sp³-hybridized carbons (Fsp3) is 0.909. The van der Waals surface area contributed by atoms with Crippen molar-refractivity contribution in [3.05, 3.63) is 0 Å². The maximum atomic E-state index is 10.4. The highest BCUT2D eigenvalue weighted by Crippen LogP contribution is 2.43. The molecule has 2 heteroatoms. The van der Waals surface area contributed by atoms with E-state index in [1.165, 1.54) is 0 Å². The average molecular weight is 181 g/mol. The molecule has 0 aromatic rings. The van der Waals surface area contributed by atoms with Crippen molar-refractivity contribution < 1.29 is 5.11 Å². The van der Waals surface area contributed by atoms with Gasteiger partial charge in [0.05, 0.1) is 17.6 Å². The van der Waals surface area contributed by atoms with Crippen LogP contribution in [0.5, 0.6) is 0 Å². The second kappa shape index (κ2) is 4.11. The van der Waals surface area contributed by atoms with Crippen molar-refractivity contribution in [3.8, 4) is 6.07 Å². The molecular weight excluding hydrogens is 162 g/mol. The summed E-state index contributed by atoms with van der Waals surface area (Å²) in [5.74, 6) is 0.178. The molecule has 1 rings (SSSR count). The second-order valence-electron chi connectivity index (χ2n) is 4.08. The second-order valence-corrected chi connectivity index (χ2v) is 4.08. The molecule has 0 spiro atoms. The molecule has 0 amide bonds. The van der Waals surface area contributed by atoms with Crippen LogP contribution in [0.25, 0.3) is 0 Å². The van der Waals surface area contributed by atoms with E-state index in [1.807, 2.05) is 6.92 Å². The van der Waals surface area contributed by atoms with Crippen molar-refractivity contribution in [1.82, 2.24) is 0 Å². The zero-order chi connectivity index (χ0) is 9.90. The van der Waals surface area contributed by atoms with Gasteiger partial charge in [-0.3, -0.25) is 0 Å². The first-order chi connectivity index (χ1) is 6.19. The fourth-order valence-electron chi connectivity index (χ4n) is 2.66. The van der Waals surface area contributed by atoms with Crippen LogP contribution in [0.15, 0.2) is 0 Å². The van der Waals surface area contributed by atoms with E-state index in [9.17, 15) is 5.11 Å².